The molecular weight excluding hydrogens is 265 g/mol. The molecule has 2 rings (SSSR count). The zero-order valence-corrected chi connectivity index (χ0v) is 12.7. The normalized spacial score (nSPS) is 10.5. The molecule has 21 heavy (non-hydrogen) atoms. The molecule has 0 unspecified atom stereocenters. The van der Waals surface area contributed by atoms with Crippen LogP contribution in [0.3, 0.4) is 0 Å². The molecule has 110 valence electrons. The Labute approximate surface area is 125 Å². The van der Waals surface area contributed by atoms with E-state index in [1.807, 2.05) is 39.0 Å². The number of aryl methyl sites for hydroxylation is 2. The van der Waals surface area contributed by atoms with Crippen LogP contribution in [0.1, 0.15) is 28.4 Å². The summed E-state index contributed by atoms with van der Waals surface area (Å²) < 4.78 is 13.9. The summed E-state index contributed by atoms with van der Waals surface area (Å²) in [6, 6.07) is 12.4. The largest absolute Gasteiger partial charge is 0.362 e. The Morgan fingerprint density at radius 2 is 1.86 bits per heavy atom. The highest BCUT2D eigenvalue weighted by molar-refractivity contribution is 6.00. The Morgan fingerprint density at radius 3 is 2.52 bits per heavy atom. The minimum absolute atomic E-state index is 0.0151. The summed E-state index contributed by atoms with van der Waals surface area (Å²) in [4.78, 5) is 14.3. The highest BCUT2D eigenvalue weighted by atomic mass is 19.1. The highest BCUT2D eigenvalue weighted by Gasteiger charge is 2.16. The molecule has 2 aromatic rings. The monoisotopic (exact) mass is 285 g/mol. The smallest absolute Gasteiger partial charge is 0.182 e. The lowest BCUT2D eigenvalue weighted by Crippen LogP contribution is -2.30. The number of carbonyl (C=O) groups excluding carboxylic acids is 1. The highest BCUT2D eigenvalue weighted by Crippen LogP contribution is 2.20. The number of rotatable bonds is 5. The van der Waals surface area contributed by atoms with Crippen LogP contribution in [0.4, 0.5) is 10.1 Å². The zero-order valence-electron chi connectivity index (χ0n) is 12.7. The molecule has 0 aliphatic heterocycles. The van der Waals surface area contributed by atoms with E-state index in [0.717, 1.165) is 11.1 Å². The number of carbonyl (C=O) groups is 1. The Kier molecular flexibility index (Phi) is 4.73. The van der Waals surface area contributed by atoms with E-state index >= 15 is 0 Å². The van der Waals surface area contributed by atoms with Crippen molar-refractivity contribution in [3.8, 4) is 0 Å². The predicted molar refractivity (Wildman–Crippen MR) is 84.5 cm³/mol. The topological polar surface area (TPSA) is 20.3 Å². The quantitative estimate of drug-likeness (QED) is 0.769. The van der Waals surface area contributed by atoms with Crippen molar-refractivity contribution in [3.63, 3.8) is 0 Å². The standard InChI is InChI=1S/C18H20FNO/c1-4-20(17-8-6-5-7-16(17)19)12-18(21)15-11-13(2)9-10-14(15)3/h5-11H,4,12H2,1-3H3. The van der Waals surface area contributed by atoms with Gasteiger partial charge in [-0.3, -0.25) is 4.79 Å². The van der Waals surface area contributed by atoms with Gasteiger partial charge in [0.1, 0.15) is 5.82 Å². The van der Waals surface area contributed by atoms with Gasteiger partial charge in [-0.15, -0.1) is 0 Å². The molecule has 0 amide bonds. The lowest BCUT2D eigenvalue weighted by molar-refractivity contribution is 0.0998. The Bertz CT molecular complexity index is 651. The predicted octanol–water partition coefficient (Wildman–Crippen LogP) is 4.15. The molecule has 0 fully saturated rings. The maximum Gasteiger partial charge on any atom is 0.182 e. The van der Waals surface area contributed by atoms with Crippen molar-refractivity contribution in [2.24, 2.45) is 0 Å². The van der Waals surface area contributed by atoms with Crippen molar-refractivity contribution < 1.29 is 9.18 Å². The van der Waals surface area contributed by atoms with Gasteiger partial charge in [0.2, 0.25) is 0 Å². The van der Waals surface area contributed by atoms with Crippen molar-refractivity contribution >= 4 is 11.5 Å². The Morgan fingerprint density at radius 1 is 1.14 bits per heavy atom. The fraction of sp³-hybridized carbons (Fsp3) is 0.278. The van der Waals surface area contributed by atoms with Gasteiger partial charge in [-0.05, 0) is 44.5 Å². The van der Waals surface area contributed by atoms with Gasteiger partial charge in [0.05, 0.1) is 12.2 Å². The Balaban J connectivity index is 2.25. The molecule has 0 aromatic heterocycles. The van der Waals surface area contributed by atoms with Gasteiger partial charge < -0.3 is 4.90 Å². The van der Waals surface area contributed by atoms with Gasteiger partial charge in [0, 0.05) is 12.1 Å². The van der Waals surface area contributed by atoms with Gasteiger partial charge in [0.25, 0.3) is 0 Å². The number of Topliss-reactive ketones (excluding diaryl/α,β-unsaturated/α-hetero) is 1. The second-order valence-corrected chi connectivity index (χ2v) is 5.21. The summed E-state index contributed by atoms with van der Waals surface area (Å²) in [5, 5.41) is 0. The second kappa shape index (κ2) is 6.53. The molecule has 0 saturated heterocycles. The van der Waals surface area contributed by atoms with Crippen LogP contribution in [0.15, 0.2) is 42.5 Å². The van der Waals surface area contributed by atoms with Crippen molar-refractivity contribution in [2.75, 3.05) is 18.0 Å². The third kappa shape index (κ3) is 3.48. The van der Waals surface area contributed by atoms with E-state index in [0.29, 0.717) is 17.8 Å². The van der Waals surface area contributed by atoms with Crippen molar-refractivity contribution in [3.05, 3.63) is 65.0 Å². The number of halogens is 1. The maximum atomic E-state index is 13.9. The van der Waals surface area contributed by atoms with Crippen LogP contribution >= 0.6 is 0 Å². The molecule has 0 aliphatic rings. The lowest BCUT2D eigenvalue weighted by atomic mass is 10.0. The molecule has 0 heterocycles. The van der Waals surface area contributed by atoms with E-state index < -0.39 is 0 Å². The first-order chi connectivity index (χ1) is 10.0. The maximum absolute atomic E-state index is 13.9. The fourth-order valence-corrected chi connectivity index (χ4v) is 2.37. The molecule has 0 saturated carbocycles. The van der Waals surface area contributed by atoms with E-state index in [-0.39, 0.29) is 18.1 Å². The summed E-state index contributed by atoms with van der Waals surface area (Å²) in [7, 11) is 0. The van der Waals surface area contributed by atoms with Gasteiger partial charge in [-0.25, -0.2) is 4.39 Å². The Hall–Kier alpha value is -2.16. The number of likely N-dealkylation sites (N-methyl/N-ethyl adjacent to an activating group) is 1. The van der Waals surface area contributed by atoms with Crippen LogP contribution in [0.2, 0.25) is 0 Å². The van der Waals surface area contributed by atoms with Crippen LogP contribution in [0.5, 0.6) is 0 Å². The number of benzene rings is 2. The van der Waals surface area contributed by atoms with Gasteiger partial charge in [-0.2, -0.15) is 0 Å². The molecule has 2 aromatic carbocycles. The average Bonchev–Trinajstić information content (AvgIpc) is 2.48. The number of ketones is 1. The van der Waals surface area contributed by atoms with Crippen LogP contribution in [0, 0.1) is 19.7 Å². The van der Waals surface area contributed by atoms with Crippen LogP contribution < -0.4 is 4.90 Å². The molecule has 0 atom stereocenters. The molecule has 0 radical (unpaired) electrons. The molecule has 2 nitrogen and oxygen atoms in total. The van der Waals surface area contributed by atoms with E-state index in [4.69, 9.17) is 0 Å². The number of hydrogen-bond acceptors (Lipinski definition) is 2. The average molecular weight is 285 g/mol. The van der Waals surface area contributed by atoms with Crippen molar-refractivity contribution in [1.82, 2.24) is 0 Å². The van der Waals surface area contributed by atoms with Crippen LogP contribution in [-0.2, 0) is 0 Å². The summed E-state index contributed by atoms with van der Waals surface area (Å²) in [5.41, 5.74) is 3.19. The SMILES string of the molecule is CCN(CC(=O)c1cc(C)ccc1C)c1ccccc1F. The lowest BCUT2D eigenvalue weighted by Gasteiger charge is -2.23. The summed E-state index contributed by atoms with van der Waals surface area (Å²) in [5.74, 6) is -0.283. The first kappa shape index (κ1) is 15.2. The van der Waals surface area contributed by atoms with Crippen molar-refractivity contribution in [1.29, 1.82) is 0 Å². The third-order valence-corrected chi connectivity index (χ3v) is 3.60. The van der Waals surface area contributed by atoms with E-state index in [1.54, 1.807) is 23.1 Å². The molecule has 0 N–H and O–H groups in total. The van der Waals surface area contributed by atoms with Gasteiger partial charge in [-0.1, -0.05) is 29.8 Å². The molecule has 0 bridgehead atoms. The van der Waals surface area contributed by atoms with E-state index in [2.05, 4.69) is 0 Å². The zero-order chi connectivity index (χ0) is 15.4. The van der Waals surface area contributed by atoms with Crippen molar-refractivity contribution in [2.45, 2.75) is 20.8 Å². The second-order valence-electron chi connectivity index (χ2n) is 5.21. The first-order valence-corrected chi connectivity index (χ1v) is 7.13. The number of nitrogens with zero attached hydrogens (tertiary/aromatic N) is 1. The molecule has 0 aliphatic carbocycles. The summed E-state index contributed by atoms with van der Waals surface area (Å²) >= 11 is 0. The molecule has 3 heteroatoms. The minimum atomic E-state index is -0.298. The third-order valence-electron chi connectivity index (χ3n) is 3.60. The van der Waals surface area contributed by atoms with E-state index in [1.165, 1.54) is 6.07 Å². The number of hydrogen-bond donors (Lipinski definition) is 0. The van der Waals surface area contributed by atoms with Crippen LogP contribution in [0.25, 0.3) is 0 Å². The van der Waals surface area contributed by atoms with Crippen LogP contribution in [-0.4, -0.2) is 18.9 Å². The van der Waals surface area contributed by atoms with Gasteiger partial charge >= 0.3 is 0 Å². The molecular formula is C18H20FNO. The summed E-state index contributed by atoms with van der Waals surface area (Å²) in [6.07, 6.45) is 0. The van der Waals surface area contributed by atoms with Gasteiger partial charge in [0.15, 0.2) is 5.78 Å². The molecule has 0 spiro atoms. The van der Waals surface area contributed by atoms with E-state index in [9.17, 15) is 9.18 Å². The first-order valence-electron chi connectivity index (χ1n) is 7.13. The number of para-hydroxylation sites is 1. The summed E-state index contributed by atoms with van der Waals surface area (Å²) in [6.45, 7) is 6.57. The minimum Gasteiger partial charge on any atom is -0.362 e. The number of anilines is 1. The fourth-order valence-electron chi connectivity index (χ4n) is 2.37.